The molecule has 1 saturated carbocycles. The highest BCUT2D eigenvalue weighted by Gasteiger charge is 2.34. The summed E-state index contributed by atoms with van der Waals surface area (Å²) in [6.07, 6.45) is 5.14. The Hall–Kier alpha value is -2.08. The van der Waals surface area contributed by atoms with Gasteiger partial charge in [0.15, 0.2) is 0 Å². The SMILES string of the molecule is Cc1cc(C(=O)N2Cc3ncn(C)c3CC2COCC2CC2)c(C)o1. The van der Waals surface area contributed by atoms with Crippen molar-refractivity contribution >= 4 is 5.91 Å². The maximum absolute atomic E-state index is 13.1. The van der Waals surface area contributed by atoms with Crippen LogP contribution in [0.3, 0.4) is 0 Å². The third-order valence-electron chi connectivity index (χ3n) is 5.23. The van der Waals surface area contributed by atoms with Crippen LogP contribution in [0.2, 0.25) is 0 Å². The molecule has 0 radical (unpaired) electrons. The van der Waals surface area contributed by atoms with Gasteiger partial charge in [-0.15, -0.1) is 0 Å². The molecule has 2 aliphatic rings. The summed E-state index contributed by atoms with van der Waals surface area (Å²) in [4.78, 5) is 19.5. The molecule has 2 aromatic rings. The minimum absolute atomic E-state index is 0.00525. The van der Waals surface area contributed by atoms with Gasteiger partial charge >= 0.3 is 0 Å². The third-order valence-corrected chi connectivity index (χ3v) is 5.23. The molecule has 1 atom stereocenters. The van der Waals surface area contributed by atoms with Gasteiger partial charge in [-0.2, -0.15) is 0 Å². The average Bonchev–Trinajstić information content (AvgIpc) is 3.25. The van der Waals surface area contributed by atoms with Gasteiger partial charge in [0.1, 0.15) is 11.5 Å². The van der Waals surface area contributed by atoms with Gasteiger partial charge < -0.3 is 18.6 Å². The van der Waals surface area contributed by atoms with E-state index in [9.17, 15) is 4.79 Å². The molecule has 1 aliphatic heterocycles. The van der Waals surface area contributed by atoms with E-state index in [1.807, 2.05) is 38.2 Å². The van der Waals surface area contributed by atoms with Crippen molar-refractivity contribution in [2.24, 2.45) is 13.0 Å². The smallest absolute Gasteiger partial charge is 0.258 e. The molecule has 0 spiro atoms. The number of aromatic nitrogens is 2. The third kappa shape index (κ3) is 3.23. The minimum atomic E-state index is 0.00525. The monoisotopic (exact) mass is 343 g/mol. The van der Waals surface area contributed by atoms with Gasteiger partial charge in [-0.3, -0.25) is 4.79 Å². The molecule has 1 unspecified atom stereocenters. The van der Waals surface area contributed by atoms with E-state index in [0.29, 0.717) is 24.5 Å². The molecule has 3 heterocycles. The van der Waals surface area contributed by atoms with E-state index in [2.05, 4.69) is 9.55 Å². The van der Waals surface area contributed by atoms with E-state index < -0.39 is 0 Å². The number of amides is 1. The Morgan fingerprint density at radius 3 is 2.84 bits per heavy atom. The van der Waals surface area contributed by atoms with E-state index >= 15 is 0 Å². The van der Waals surface area contributed by atoms with Crippen LogP contribution in [0.25, 0.3) is 0 Å². The van der Waals surface area contributed by atoms with Crippen molar-refractivity contribution in [3.63, 3.8) is 0 Å². The van der Waals surface area contributed by atoms with Gasteiger partial charge in [-0.05, 0) is 38.7 Å². The lowest BCUT2D eigenvalue weighted by atomic mass is 10.0. The van der Waals surface area contributed by atoms with Crippen LogP contribution in [-0.4, -0.2) is 39.6 Å². The molecule has 0 N–H and O–H groups in total. The van der Waals surface area contributed by atoms with Crippen molar-refractivity contribution in [1.29, 1.82) is 0 Å². The number of ether oxygens (including phenoxy) is 1. The molecule has 0 saturated heterocycles. The quantitative estimate of drug-likeness (QED) is 0.837. The van der Waals surface area contributed by atoms with Crippen LogP contribution in [0.4, 0.5) is 0 Å². The Morgan fingerprint density at radius 2 is 2.16 bits per heavy atom. The first-order valence-corrected chi connectivity index (χ1v) is 8.97. The molecular weight excluding hydrogens is 318 g/mol. The molecule has 25 heavy (non-hydrogen) atoms. The maximum Gasteiger partial charge on any atom is 0.258 e. The topological polar surface area (TPSA) is 60.5 Å². The second-order valence-corrected chi connectivity index (χ2v) is 7.35. The van der Waals surface area contributed by atoms with E-state index in [4.69, 9.17) is 9.15 Å². The highest BCUT2D eigenvalue weighted by atomic mass is 16.5. The second-order valence-electron chi connectivity index (χ2n) is 7.35. The fraction of sp³-hybridized carbons (Fsp3) is 0.579. The number of imidazole rings is 1. The van der Waals surface area contributed by atoms with E-state index in [0.717, 1.165) is 30.4 Å². The number of hydrogen-bond donors (Lipinski definition) is 0. The number of aryl methyl sites for hydroxylation is 3. The molecule has 6 nitrogen and oxygen atoms in total. The zero-order chi connectivity index (χ0) is 17.6. The Balaban J connectivity index is 1.57. The van der Waals surface area contributed by atoms with Crippen LogP contribution in [0, 0.1) is 19.8 Å². The molecule has 134 valence electrons. The highest BCUT2D eigenvalue weighted by molar-refractivity contribution is 5.95. The van der Waals surface area contributed by atoms with E-state index in [-0.39, 0.29) is 11.9 Å². The fourth-order valence-corrected chi connectivity index (χ4v) is 3.56. The number of nitrogens with zero attached hydrogens (tertiary/aromatic N) is 3. The summed E-state index contributed by atoms with van der Waals surface area (Å²) in [5.41, 5.74) is 2.82. The minimum Gasteiger partial charge on any atom is -0.466 e. The van der Waals surface area contributed by atoms with Gasteiger partial charge in [0.25, 0.3) is 5.91 Å². The second kappa shape index (κ2) is 6.33. The lowest BCUT2D eigenvalue weighted by molar-refractivity contribution is 0.0335. The van der Waals surface area contributed by atoms with Crippen molar-refractivity contribution in [1.82, 2.24) is 14.5 Å². The first-order valence-electron chi connectivity index (χ1n) is 8.97. The van der Waals surface area contributed by atoms with Gasteiger partial charge in [0.2, 0.25) is 0 Å². The first-order chi connectivity index (χ1) is 12.0. The van der Waals surface area contributed by atoms with Gasteiger partial charge in [-0.1, -0.05) is 0 Å². The molecule has 4 rings (SSSR count). The molecule has 1 amide bonds. The molecule has 1 fully saturated rings. The highest BCUT2D eigenvalue weighted by Crippen LogP contribution is 2.30. The lowest BCUT2D eigenvalue weighted by Crippen LogP contribution is -2.47. The predicted molar refractivity (Wildman–Crippen MR) is 92.3 cm³/mol. The first kappa shape index (κ1) is 16.4. The van der Waals surface area contributed by atoms with Gasteiger partial charge in [0, 0.05) is 25.8 Å². The molecule has 1 aliphatic carbocycles. The molecule has 0 bridgehead atoms. The lowest BCUT2D eigenvalue weighted by Gasteiger charge is -2.35. The van der Waals surface area contributed by atoms with E-state index in [1.54, 1.807) is 0 Å². The number of hydrogen-bond acceptors (Lipinski definition) is 4. The summed E-state index contributed by atoms with van der Waals surface area (Å²) in [7, 11) is 2.01. The van der Waals surface area contributed by atoms with Crippen LogP contribution in [0.15, 0.2) is 16.8 Å². The maximum atomic E-state index is 13.1. The number of fused-ring (bicyclic) bond motifs is 1. The number of rotatable bonds is 5. The van der Waals surface area contributed by atoms with Gasteiger partial charge in [0.05, 0.1) is 36.8 Å². The fourth-order valence-electron chi connectivity index (χ4n) is 3.56. The molecular formula is C19H25N3O3. The Kier molecular flexibility index (Phi) is 4.15. The van der Waals surface area contributed by atoms with E-state index in [1.165, 1.54) is 18.5 Å². The van der Waals surface area contributed by atoms with Crippen molar-refractivity contribution < 1.29 is 13.9 Å². The summed E-state index contributed by atoms with van der Waals surface area (Å²) in [5, 5.41) is 0. The van der Waals surface area contributed by atoms with Crippen LogP contribution in [0.5, 0.6) is 0 Å². The number of carbonyl (C=O) groups is 1. The average molecular weight is 343 g/mol. The Labute approximate surface area is 147 Å². The standard InChI is InChI=1S/C19H25N3O3/c1-12-6-16(13(2)25-12)19(23)22-8-17-18(21(3)11-20-17)7-15(22)10-24-9-14-4-5-14/h6,11,14-15H,4-5,7-10H2,1-3H3. The Morgan fingerprint density at radius 1 is 1.36 bits per heavy atom. The zero-order valence-electron chi connectivity index (χ0n) is 15.1. The molecule has 0 aromatic carbocycles. The van der Waals surface area contributed by atoms with Crippen LogP contribution < -0.4 is 0 Å². The largest absolute Gasteiger partial charge is 0.466 e. The summed E-state index contributed by atoms with van der Waals surface area (Å²) < 4.78 is 13.5. The molecule has 2 aromatic heterocycles. The van der Waals surface area contributed by atoms with Crippen molar-refractivity contribution in [3.05, 3.63) is 40.9 Å². The van der Waals surface area contributed by atoms with Crippen LogP contribution in [0.1, 0.15) is 46.1 Å². The van der Waals surface area contributed by atoms with Crippen LogP contribution in [-0.2, 0) is 24.8 Å². The van der Waals surface area contributed by atoms with Crippen molar-refractivity contribution in [3.8, 4) is 0 Å². The Bertz CT molecular complexity index is 788. The molecule has 6 heteroatoms. The van der Waals surface area contributed by atoms with Gasteiger partial charge in [-0.25, -0.2) is 4.98 Å². The summed E-state index contributed by atoms with van der Waals surface area (Å²) in [6, 6.07) is 1.86. The van der Waals surface area contributed by atoms with Crippen molar-refractivity contribution in [2.75, 3.05) is 13.2 Å². The number of carbonyl (C=O) groups excluding carboxylic acids is 1. The van der Waals surface area contributed by atoms with Crippen molar-refractivity contribution in [2.45, 2.75) is 45.7 Å². The number of furan rings is 1. The summed E-state index contributed by atoms with van der Waals surface area (Å²) in [6.45, 7) is 5.61. The van der Waals surface area contributed by atoms with Crippen LogP contribution >= 0.6 is 0 Å². The summed E-state index contributed by atoms with van der Waals surface area (Å²) in [5.74, 6) is 2.16. The predicted octanol–water partition coefficient (Wildman–Crippen LogP) is 2.62. The normalized spacial score (nSPS) is 20.0. The zero-order valence-corrected chi connectivity index (χ0v) is 15.1. The summed E-state index contributed by atoms with van der Waals surface area (Å²) >= 11 is 0.